The van der Waals surface area contributed by atoms with E-state index in [2.05, 4.69) is 39.9 Å². The number of halogens is 1. The summed E-state index contributed by atoms with van der Waals surface area (Å²) in [5, 5.41) is 5.74. The van der Waals surface area contributed by atoms with E-state index in [-0.39, 0.29) is 5.56 Å². The highest BCUT2D eigenvalue weighted by Gasteiger charge is 2.15. The van der Waals surface area contributed by atoms with Crippen LogP contribution in [0, 0.1) is 20.8 Å². The first-order chi connectivity index (χ1) is 12.0. The number of hydrogen-bond donors (Lipinski definition) is 0. The van der Waals surface area contributed by atoms with Gasteiger partial charge >= 0.3 is 0 Å². The Morgan fingerprint density at radius 1 is 1.16 bits per heavy atom. The Morgan fingerprint density at radius 3 is 2.68 bits per heavy atom. The molecule has 7 heteroatoms. The lowest BCUT2D eigenvalue weighted by Crippen LogP contribution is -2.30. The summed E-state index contributed by atoms with van der Waals surface area (Å²) in [5.41, 5.74) is 3.59. The Balaban J connectivity index is 2.02. The van der Waals surface area contributed by atoms with Crippen molar-refractivity contribution in [3.05, 3.63) is 51.7 Å². The molecule has 0 aliphatic carbocycles. The minimum Gasteiger partial charge on any atom is -0.409 e. The monoisotopic (exact) mass is 404 g/mol. The van der Waals surface area contributed by atoms with E-state index >= 15 is 0 Å². The van der Waals surface area contributed by atoms with Gasteiger partial charge in [-0.1, -0.05) is 22.0 Å². The van der Waals surface area contributed by atoms with E-state index in [4.69, 9.17) is 4.84 Å². The normalized spacial score (nSPS) is 11.2. The van der Waals surface area contributed by atoms with E-state index in [0.717, 1.165) is 23.9 Å². The topological polar surface area (TPSA) is 61.9 Å². The van der Waals surface area contributed by atoms with Crippen LogP contribution in [0.5, 0.6) is 0 Å². The number of unbranched alkanes of at least 4 members (excludes halogenated alkanes) is 1. The maximum Gasteiger partial charge on any atom is 0.297 e. The number of fused-ring (bicyclic) bond motifs is 1. The van der Waals surface area contributed by atoms with Gasteiger partial charge in [0, 0.05) is 5.33 Å². The van der Waals surface area contributed by atoms with Gasteiger partial charge < -0.3 is 4.84 Å². The van der Waals surface area contributed by atoms with Gasteiger partial charge in [0.2, 0.25) is 0 Å². The molecule has 2 heterocycles. The molecular formula is C18H21BrN4O2. The van der Waals surface area contributed by atoms with Crippen molar-refractivity contribution in [3.63, 3.8) is 0 Å². The van der Waals surface area contributed by atoms with E-state index < -0.39 is 0 Å². The van der Waals surface area contributed by atoms with Crippen molar-refractivity contribution in [1.29, 1.82) is 0 Å². The van der Waals surface area contributed by atoms with E-state index in [1.807, 2.05) is 18.2 Å². The maximum absolute atomic E-state index is 12.7. The van der Waals surface area contributed by atoms with Gasteiger partial charge in [0.05, 0.1) is 11.9 Å². The van der Waals surface area contributed by atoms with Crippen molar-refractivity contribution < 1.29 is 4.84 Å². The third-order valence-electron chi connectivity index (χ3n) is 4.20. The van der Waals surface area contributed by atoms with Gasteiger partial charge in [-0.3, -0.25) is 4.79 Å². The molecule has 0 radical (unpaired) electrons. The third-order valence-corrected chi connectivity index (χ3v) is 4.76. The number of aromatic nitrogens is 4. The van der Waals surface area contributed by atoms with Crippen LogP contribution in [0.25, 0.3) is 16.7 Å². The van der Waals surface area contributed by atoms with Crippen LogP contribution in [0.4, 0.5) is 0 Å². The van der Waals surface area contributed by atoms with Crippen LogP contribution in [0.15, 0.2) is 29.2 Å². The zero-order valence-corrected chi connectivity index (χ0v) is 16.2. The molecule has 0 N–H and O–H groups in total. The SMILES string of the molecule is Cc1ccc(-n2ncc3c(=O)n(OCCCCBr)c(C)nc32)cc1C. The van der Waals surface area contributed by atoms with Crippen LogP contribution in [0.3, 0.4) is 0 Å². The van der Waals surface area contributed by atoms with E-state index in [0.29, 0.717) is 23.5 Å². The second kappa shape index (κ2) is 7.39. The zero-order chi connectivity index (χ0) is 18.0. The van der Waals surface area contributed by atoms with Crippen molar-refractivity contribution in [1.82, 2.24) is 19.5 Å². The van der Waals surface area contributed by atoms with Gasteiger partial charge in [-0.2, -0.15) is 5.10 Å². The predicted octanol–water partition coefficient (Wildman–Crippen LogP) is 3.11. The van der Waals surface area contributed by atoms with Crippen molar-refractivity contribution in [2.45, 2.75) is 33.6 Å². The van der Waals surface area contributed by atoms with Crippen molar-refractivity contribution in [2.75, 3.05) is 11.9 Å². The average Bonchev–Trinajstić information content (AvgIpc) is 3.00. The lowest BCUT2D eigenvalue weighted by Gasteiger charge is -2.11. The van der Waals surface area contributed by atoms with Crippen molar-refractivity contribution in [2.24, 2.45) is 0 Å². The second-order valence-electron chi connectivity index (χ2n) is 6.05. The summed E-state index contributed by atoms with van der Waals surface area (Å²) in [6.07, 6.45) is 3.42. The van der Waals surface area contributed by atoms with Crippen LogP contribution in [-0.2, 0) is 0 Å². The predicted molar refractivity (Wildman–Crippen MR) is 102 cm³/mol. The summed E-state index contributed by atoms with van der Waals surface area (Å²) in [7, 11) is 0. The summed E-state index contributed by atoms with van der Waals surface area (Å²) in [4.78, 5) is 22.9. The van der Waals surface area contributed by atoms with E-state index in [1.54, 1.807) is 17.8 Å². The number of hydrogen-bond acceptors (Lipinski definition) is 4. The maximum atomic E-state index is 12.7. The molecule has 1 aromatic carbocycles. The largest absolute Gasteiger partial charge is 0.409 e. The van der Waals surface area contributed by atoms with Crippen LogP contribution in [0.2, 0.25) is 0 Å². The molecule has 25 heavy (non-hydrogen) atoms. The zero-order valence-electron chi connectivity index (χ0n) is 14.6. The molecule has 0 spiro atoms. The highest BCUT2D eigenvalue weighted by atomic mass is 79.9. The lowest BCUT2D eigenvalue weighted by molar-refractivity contribution is 0.0934. The highest BCUT2D eigenvalue weighted by molar-refractivity contribution is 9.09. The smallest absolute Gasteiger partial charge is 0.297 e. The lowest BCUT2D eigenvalue weighted by atomic mass is 10.1. The highest BCUT2D eigenvalue weighted by Crippen LogP contribution is 2.17. The molecule has 3 aromatic rings. The molecule has 0 aliphatic heterocycles. The van der Waals surface area contributed by atoms with Gasteiger partial charge in [-0.15, -0.1) is 4.73 Å². The van der Waals surface area contributed by atoms with E-state index in [1.165, 1.54) is 15.9 Å². The molecule has 0 unspecified atom stereocenters. The van der Waals surface area contributed by atoms with Crippen molar-refractivity contribution in [3.8, 4) is 5.69 Å². The van der Waals surface area contributed by atoms with Crippen LogP contribution in [0.1, 0.15) is 29.8 Å². The Bertz CT molecular complexity index is 962. The molecule has 0 saturated carbocycles. The Hall–Kier alpha value is -2.15. The molecule has 6 nitrogen and oxygen atoms in total. The summed E-state index contributed by atoms with van der Waals surface area (Å²) in [5.74, 6) is 0.516. The van der Waals surface area contributed by atoms with Gasteiger partial charge in [0.15, 0.2) is 5.65 Å². The molecule has 0 bridgehead atoms. The number of alkyl halides is 1. The molecule has 0 saturated heterocycles. The molecule has 0 amide bonds. The fourth-order valence-electron chi connectivity index (χ4n) is 2.61. The first kappa shape index (κ1) is 17.7. The fourth-order valence-corrected chi connectivity index (χ4v) is 3.00. The Labute approximate surface area is 154 Å². The van der Waals surface area contributed by atoms with Crippen molar-refractivity contribution >= 4 is 27.0 Å². The molecule has 132 valence electrons. The first-order valence-electron chi connectivity index (χ1n) is 8.27. The standard InChI is InChI=1S/C18H21BrN4O2/c1-12-6-7-15(10-13(12)2)22-17-16(11-20-22)18(24)23(14(3)21-17)25-9-5-4-8-19/h6-7,10-11H,4-5,8-9H2,1-3H3. The molecule has 0 fully saturated rings. The average molecular weight is 405 g/mol. The molecule has 0 aliphatic rings. The van der Waals surface area contributed by atoms with Crippen LogP contribution >= 0.6 is 15.9 Å². The number of aryl methyl sites for hydroxylation is 3. The summed E-state index contributed by atoms with van der Waals surface area (Å²) < 4.78 is 2.97. The van der Waals surface area contributed by atoms with Gasteiger partial charge in [0.1, 0.15) is 17.8 Å². The molecule has 0 atom stereocenters. The minimum absolute atomic E-state index is 0.226. The van der Waals surface area contributed by atoms with Gasteiger partial charge in [0.25, 0.3) is 5.56 Å². The fraction of sp³-hybridized carbons (Fsp3) is 0.389. The minimum atomic E-state index is -0.226. The number of benzene rings is 1. The number of rotatable bonds is 6. The van der Waals surface area contributed by atoms with E-state index in [9.17, 15) is 4.79 Å². The molecule has 3 rings (SSSR count). The third kappa shape index (κ3) is 3.46. The first-order valence-corrected chi connectivity index (χ1v) is 9.39. The summed E-state index contributed by atoms with van der Waals surface area (Å²) in [6.45, 7) is 6.36. The quantitative estimate of drug-likeness (QED) is 0.467. The number of nitrogens with zero attached hydrogens (tertiary/aromatic N) is 4. The Morgan fingerprint density at radius 2 is 1.96 bits per heavy atom. The summed E-state index contributed by atoms with van der Waals surface area (Å²) >= 11 is 3.38. The molecular weight excluding hydrogens is 384 g/mol. The Kier molecular flexibility index (Phi) is 5.22. The van der Waals surface area contributed by atoms with Gasteiger partial charge in [-0.05, 0) is 56.9 Å². The van der Waals surface area contributed by atoms with Crippen LogP contribution < -0.4 is 10.4 Å². The second-order valence-corrected chi connectivity index (χ2v) is 6.84. The van der Waals surface area contributed by atoms with Crippen LogP contribution in [-0.4, -0.2) is 31.4 Å². The van der Waals surface area contributed by atoms with Gasteiger partial charge in [-0.25, -0.2) is 9.67 Å². The molecule has 2 aromatic heterocycles. The summed E-state index contributed by atoms with van der Waals surface area (Å²) in [6, 6.07) is 6.06.